The van der Waals surface area contributed by atoms with Crippen molar-refractivity contribution >= 4 is 17.3 Å². The molecule has 1 amide bonds. The van der Waals surface area contributed by atoms with E-state index in [0.29, 0.717) is 12.2 Å². The lowest BCUT2D eigenvalue weighted by Crippen LogP contribution is -2.35. The smallest absolute Gasteiger partial charge is 0.253 e. The van der Waals surface area contributed by atoms with Gasteiger partial charge in [-0.3, -0.25) is 4.79 Å². The highest BCUT2D eigenvalue weighted by Gasteiger charge is 2.25. The van der Waals surface area contributed by atoms with Gasteiger partial charge in [-0.15, -0.1) is 0 Å². The van der Waals surface area contributed by atoms with Crippen molar-refractivity contribution in [2.24, 2.45) is 0 Å². The van der Waals surface area contributed by atoms with E-state index in [4.69, 9.17) is 14.2 Å². The molecule has 0 spiro atoms. The second-order valence-corrected chi connectivity index (χ2v) is 7.07. The molecule has 6 nitrogen and oxygen atoms in total. The first-order valence-corrected chi connectivity index (χ1v) is 9.53. The zero-order valence-corrected chi connectivity index (χ0v) is 15.1. The van der Waals surface area contributed by atoms with Crippen LogP contribution in [0.25, 0.3) is 0 Å². The summed E-state index contributed by atoms with van der Waals surface area (Å²) in [6.07, 6.45) is 3.39. The third kappa shape index (κ3) is 2.95. The fourth-order valence-corrected chi connectivity index (χ4v) is 3.95. The van der Waals surface area contributed by atoms with Gasteiger partial charge in [0, 0.05) is 30.4 Å². The minimum atomic E-state index is 0.0984. The highest BCUT2D eigenvalue weighted by molar-refractivity contribution is 5.95. The van der Waals surface area contributed by atoms with Gasteiger partial charge >= 0.3 is 0 Å². The third-order valence-electron chi connectivity index (χ3n) is 5.38. The number of carbonyl (C=O) groups excluding carboxylic acids is 1. The number of nitrogens with zero attached hydrogens (tertiary/aromatic N) is 2. The normalized spacial score (nSPS) is 18.1. The topological polar surface area (TPSA) is 51.2 Å². The number of rotatable bonds is 2. The van der Waals surface area contributed by atoms with Crippen molar-refractivity contribution in [1.82, 2.24) is 4.90 Å². The summed E-state index contributed by atoms with van der Waals surface area (Å²) in [5, 5.41) is 0. The van der Waals surface area contributed by atoms with Crippen molar-refractivity contribution in [2.75, 3.05) is 37.9 Å². The van der Waals surface area contributed by atoms with Crippen LogP contribution in [0.4, 0.5) is 11.4 Å². The largest absolute Gasteiger partial charge is 0.490 e. The van der Waals surface area contributed by atoms with Crippen molar-refractivity contribution < 1.29 is 19.0 Å². The molecule has 1 saturated heterocycles. The molecule has 0 bridgehead atoms. The Morgan fingerprint density at radius 3 is 2.56 bits per heavy atom. The molecule has 3 heterocycles. The zero-order chi connectivity index (χ0) is 18.2. The lowest BCUT2D eigenvalue weighted by molar-refractivity contribution is 0.0724. The number of likely N-dealkylation sites (tertiary alicyclic amines) is 1. The van der Waals surface area contributed by atoms with Crippen molar-refractivity contribution in [3.8, 4) is 17.2 Å². The van der Waals surface area contributed by atoms with Crippen LogP contribution in [0.2, 0.25) is 0 Å². The Kier molecular flexibility index (Phi) is 4.03. The molecule has 2 aromatic rings. The average Bonchev–Trinajstić information content (AvgIpc) is 3.21. The third-order valence-corrected chi connectivity index (χ3v) is 5.38. The predicted molar refractivity (Wildman–Crippen MR) is 101 cm³/mol. The molecule has 0 radical (unpaired) electrons. The molecule has 3 aliphatic rings. The number of ether oxygens (including phenoxy) is 3. The van der Waals surface area contributed by atoms with E-state index >= 15 is 0 Å². The van der Waals surface area contributed by atoms with Crippen LogP contribution in [-0.2, 0) is 0 Å². The molecule has 3 aliphatic heterocycles. The van der Waals surface area contributed by atoms with Gasteiger partial charge in [0.25, 0.3) is 5.91 Å². The van der Waals surface area contributed by atoms with Gasteiger partial charge < -0.3 is 24.0 Å². The van der Waals surface area contributed by atoms with Gasteiger partial charge in [-0.1, -0.05) is 0 Å². The Labute approximate surface area is 158 Å². The molecule has 27 heavy (non-hydrogen) atoms. The molecule has 2 aromatic carbocycles. The maximum Gasteiger partial charge on any atom is 0.253 e. The number of piperidine rings is 1. The van der Waals surface area contributed by atoms with Crippen LogP contribution < -0.4 is 19.1 Å². The molecule has 0 unspecified atom stereocenters. The van der Waals surface area contributed by atoms with Crippen molar-refractivity contribution in [3.63, 3.8) is 0 Å². The van der Waals surface area contributed by atoms with Crippen LogP contribution in [0.1, 0.15) is 29.6 Å². The highest BCUT2D eigenvalue weighted by Crippen LogP contribution is 2.41. The Bertz CT molecular complexity index is 876. The minimum absolute atomic E-state index is 0.0984. The van der Waals surface area contributed by atoms with E-state index in [-0.39, 0.29) is 12.7 Å². The first-order valence-electron chi connectivity index (χ1n) is 9.53. The minimum Gasteiger partial charge on any atom is -0.490 e. The number of amides is 1. The van der Waals surface area contributed by atoms with E-state index in [1.165, 1.54) is 6.42 Å². The molecule has 1 fully saturated rings. The molecule has 6 heteroatoms. The molecule has 0 N–H and O–H groups in total. The van der Waals surface area contributed by atoms with Crippen molar-refractivity contribution in [1.29, 1.82) is 0 Å². The number of anilines is 2. The molecule has 0 atom stereocenters. The van der Waals surface area contributed by atoms with Crippen LogP contribution in [0.3, 0.4) is 0 Å². The Hall–Kier alpha value is -2.89. The standard InChI is InChI=1S/C21H22N2O4/c24-21(22-8-2-1-3-9-22)15-4-6-17-19(12-15)25-11-10-23(17)16-5-7-18-20(13-16)27-14-26-18/h4-7,12-13H,1-3,8-11,14H2. The average molecular weight is 366 g/mol. The van der Waals surface area contributed by atoms with Crippen LogP contribution >= 0.6 is 0 Å². The molecule has 140 valence electrons. The summed E-state index contributed by atoms with van der Waals surface area (Å²) in [6.45, 7) is 3.27. The number of fused-ring (bicyclic) bond motifs is 2. The Morgan fingerprint density at radius 1 is 0.815 bits per heavy atom. The monoisotopic (exact) mass is 366 g/mol. The molecule has 5 rings (SSSR count). The molecular formula is C21H22N2O4. The van der Waals surface area contributed by atoms with E-state index in [9.17, 15) is 4.79 Å². The fraction of sp³-hybridized carbons (Fsp3) is 0.381. The van der Waals surface area contributed by atoms with Gasteiger partial charge in [-0.25, -0.2) is 0 Å². The summed E-state index contributed by atoms with van der Waals surface area (Å²) in [5.74, 6) is 2.38. The van der Waals surface area contributed by atoms with E-state index in [1.807, 2.05) is 41.3 Å². The fourth-order valence-electron chi connectivity index (χ4n) is 3.95. The Balaban J connectivity index is 1.44. The first kappa shape index (κ1) is 16.3. The molecule has 0 aliphatic carbocycles. The summed E-state index contributed by atoms with van der Waals surface area (Å²) in [4.78, 5) is 16.9. The lowest BCUT2D eigenvalue weighted by atomic mass is 10.1. The van der Waals surface area contributed by atoms with Crippen LogP contribution in [0.15, 0.2) is 36.4 Å². The summed E-state index contributed by atoms with van der Waals surface area (Å²) < 4.78 is 16.8. The van der Waals surface area contributed by atoms with E-state index in [2.05, 4.69) is 4.90 Å². The van der Waals surface area contributed by atoms with E-state index in [0.717, 1.165) is 61.1 Å². The number of carbonyl (C=O) groups is 1. The zero-order valence-electron chi connectivity index (χ0n) is 15.1. The molecular weight excluding hydrogens is 344 g/mol. The number of benzene rings is 2. The predicted octanol–water partition coefficient (Wildman–Crippen LogP) is 3.57. The van der Waals surface area contributed by atoms with Gasteiger partial charge in [0.1, 0.15) is 12.4 Å². The molecule has 0 aromatic heterocycles. The first-order chi connectivity index (χ1) is 13.3. The van der Waals surface area contributed by atoms with Gasteiger partial charge in [0.05, 0.1) is 12.2 Å². The van der Waals surface area contributed by atoms with Crippen LogP contribution in [0, 0.1) is 0 Å². The van der Waals surface area contributed by atoms with Gasteiger partial charge in [-0.05, 0) is 49.6 Å². The SMILES string of the molecule is O=C(c1ccc2c(c1)OCCN2c1ccc2c(c1)OCO2)N1CCCCC1. The van der Waals surface area contributed by atoms with Gasteiger partial charge in [0.15, 0.2) is 11.5 Å². The second kappa shape index (κ2) is 6.68. The summed E-state index contributed by atoms with van der Waals surface area (Å²) in [7, 11) is 0. The Morgan fingerprint density at radius 2 is 1.67 bits per heavy atom. The maximum atomic E-state index is 12.8. The highest BCUT2D eigenvalue weighted by atomic mass is 16.7. The van der Waals surface area contributed by atoms with Gasteiger partial charge in [-0.2, -0.15) is 0 Å². The summed E-state index contributed by atoms with van der Waals surface area (Å²) in [6, 6.07) is 11.7. The lowest BCUT2D eigenvalue weighted by Gasteiger charge is -2.32. The van der Waals surface area contributed by atoms with Crippen molar-refractivity contribution in [3.05, 3.63) is 42.0 Å². The number of hydrogen-bond acceptors (Lipinski definition) is 5. The van der Waals surface area contributed by atoms with E-state index < -0.39 is 0 Å². The number of hydrogen-bond donors (Lipinski definition) is 0. The van der Waals surface area contributed by atoms with Crippen LogP contribution in [-0.4, -0.2) is 43.8 Å². The quantitative estimate of drug-likeness (QED) is 0.813. The van der Waals surface area contributed by atoms with Crippen molar-refractivity contribution in [2.45, 2.75) is 19.3 Å². The summed E-state index contributed by atoms with van der Waals surface area (Å²) in [5.41, 5.74) is 2.69. The maximum absolute atomic E-state index is 12.8. The van der Waals surface area contributed by atoms with Crippen LogP contribution in [0.5, 0.6) is 17.2 Å². The second-order valence-electron chi connectivity index (χ2n) is 7.07. The molecule has 0 saturated carbocycles. The van der Waals surface area contributed by atoms with E-state index in [1.54, 1.807) is 0 Å². The summed E-state index contributed by atoms with van der Waals surface area (Å²) >= 11 is 0. The van der Waals surface area contributed by atoms with Gasteiger partial charge in [0.2, 0.25) is 6.79 Å².